The van der Waals surface area contributed by atoms with E-state index in [2.05, 4.69) is 15.3 Å². The van der Waals surface area contributed by atoms with Gasteiger partial charge in [-0.2, -0.15) is 0 Å². The number of aromatic nitrogens is 2. The molecule has 88 valence electrons. The van der Waals surface area contributed by atoms with Gasteiger partial charge in [0, 0.05) is 12.6 Å². The Labute approximate surface area is 99.2 Å². The first kappa shape index (κ1) is 11.6. The maximum absolute atomic E-state index is 11.2. The highest BCUT2D eigenvalue weighted by atomic mass is 35.5. The SMILES string of the molecule is O=S1(=O)CCC(CNc2cc(Cl)ncn2)C1. The van der Waals surface area contributed by atoms with Crippen molar-refractivity contribution in [3.8, 4) is 0 Å². The van der Waals surface area contributed by atoms with Crippen molar-refractivity contribution < 1.29 is 8.42 Å². The highest BCUT2D eigenvalue weighted by Crippen LogP contribution is 2.19. The zero-order chi connectivity index (χ0) is 11.6. The van der Waals surface area contributed by atoms with Gasteiger partial charge in [-0.15, -0.1) is 0 Å². The molecule has 0 spiro atoms. The van der Waals surface area contributed by atoms with Crippen LogP contribution in [-0.4, -0.2) is 36.4 Å². The number of hydrogen-bond donors (Lipinski definition) is 1. The van der Waals surface area contributed by atoms with Crippen LogP contribution in [0.5, 0.6) is 0 Å². The Morgan fingerprint density at radius 1 is 1.50 bits per heavy atom. The molecule has 1 unspecified atom stereocenters. The second kappa shape index (κ2) is 4.55. The van der Waals surface area contributed by atoms with E-state index < -0.39 is 9.84 Å². The van der Waals surface area contributed by atoms with Crippen molar-refractivity contribution in [1.82, 2.24) is 9.97 Å². The van der Waals surface area contributed by atoms with Crippen molar-refractivity contribution in [3.63, 3.8) is 0 Å². The van der Waals surface area contributed by atoms with Crippen LogP contribution in [0, 0.1) is 5.92 Å². The summed E-state index contributed by atoms with van der Waals surface area (Å²) in [5.74, 6) is 1.35. The van der Waals surface area contributed by atoms with Crippen LogP contribution in [0.15, 0.2) is 12.4 Å². The van der Waals surface area contributed by atoms with Crippen molar-refractivity contribution in [1.29, 1.82) is 0 Å². The summed E-state index contributed by atoms with van der Waals surface area (Å²) >= 11 is 5.70. The monoisotopic (exact) mass is 261 g/mol. The molecule has 1 atom stereocenters. The number of nitrogens with zero attached hydrogens (tertiary/aromatic N) is 2. The topological polar surface area (TPSA) is 72.0 Å². The average Bonchev–Trinajstić information content (AvgIpc) is 2.56. The minimum Gasteiger partial charge on any atom is -0.370 e. The average molecular weight is 262 g/mol. The molecule has 1 aliphatic heterocycles. The van der Waals surface area contributed by atoms with Gasteiger partial charge >= 0.3 is 0 Å². The van der Waals surface area contributed by atoms with Gasteiger partial charge in [-0.1, -0.05) is 11.6 Å². The molecule has 0 saturated carbocycles. The molecule has 2 heterocycles. The third-order valence-corrected chi connectivity index (χ3v) is 4.58. The predicted molar refractivity (Wildman–Crippen MR) is 62.3 cm³/mol. The number of hydrogen-bond acceptors (Lipinski definition) is 5. The van der Waals surface area contributed by atoms with E-state index in [1.54, 1.807) is 6.07 Å². The van der Waals surface area contributed by atoms with Gasteiger partial charge in [-0.3, -0.25) is 0 Å². The Balaban J connectivity index is 1.89. The Hall–Kier alpha value is -0.880. The van der Waals surface area contributed by atoms with Crippen molar-refractivity contribution in [2.24, 2.45) is 5.92 Å². The number of anilines is 1. The van der Waals surface area contributed by atoms with Crippen LogP contribution in [0.25, 0.3) is 0 Å². The molecular weight excluding hydrogens is 250 g/mol. The molecule has 1 aromatic heterocycles. The fourth-order valence-electron chi connectivity index (χ4n) is 1.71. The van der Waals surface area contributed by atoms with Crippen molar-refractivity contribution in [2.75, 3.05) is 23.4 Å². The van der Waals surface area contributed by atoms with E-state index in [1.807, 2.05) is 0 Å². The normalized spacial score (nSPS) is 23.2. The first-order chi connectivity index (χ1) is 7.55. The van der Waals surface area contributed by atoms with Crippen LogP contribution in [0.3, 0.4) is 0 Å². The smallest absolute Gasteiger partial charge is 0.150 e. The Morgan fingerprint density at radius 2 is 2.31 bits per heavy atom. The van der Waals surface area contributed by atoms with Crippen LogP contribution >= 0.6 is 11.6 Å². The first-order valence-corrected chi connectivity index (χ1v) is 7.17. The Kier molecular flexibility index (Phi) is 3.30. The molecule has 1 N–H and O–H groups in total. The maximum Gasteiger partial charge on any atom is 0.150 e. The zero-order valence-electron chi connectivity index (χ0n) is 8.56. The molecule has 5 nitrogen and oxygen atoms in total. The van der Waals surface area contributed by atoms with Crippen LogP contribution < -0.4 is 5.32 Å². The first-order valence-electron chi connectivity index (χ1n) is 4.97. The van der Waals surface area contributed by atoms with E-state index in [-0.39, 0.29) is 11.7 Å². The summed E-state index contributed by atoms with van der Waals surface area (Å²) in [6.45, 7) is 0.604. The van der Waals surface area contributed by atoms with E-state index in [9.17, 15) is 8.42 Å². The summed E-state index contributed by atoms with van der Waals surface area (Å²) in [4.78, 5) is 7.74. The summed E-state index contributed by atoms with van der Waals surface area (Å²) in [6, 6.07) is 1.62. The molecule has 1 fully saturated rings. The number of rotatable bonds is 3. The van der Waals surface area contributed by atoms with Crippen LogP contribution in [-0.2, 0) is 9.84 Å². The summed E-state index contributed by atoms with van der Waals surface area (Å²) in [5.41, 5.74) is 0. The van der Waals surface area contributed by atoms with Crippen molar-refractivity contribution >= 4 is 27.3 Å². The molecule has 1 aliphatic rings. The van der Waals surface area contributed by atoms with E-state index in [4.69, 9.17) is 11.6 Å². The van der Waals surface area contributed by atoms with E-state index >= 15 is 0 Å². The molecule has 1 aromatic rings. The summed E-state index contributed by atoms with van der Waals surface area (Å²) in [5, 5.41) is 3.44. The van der Waals surface area contributed by atoms with Crippen molar-refractivity contribution in [3.05, 3.63) is 17.5 Å². The number of sulfone groups is 1. The molecule has 0 aromatic carbocycles. The van der Waals surface area contributed by atoms with Gasteiger partial charge < -0.3 is 5.32 Å². The van der Waals surface area contributed by atoms with Gasteiger partial charge in [-0.25, -0.2) is 18.4 Å². The number of halogens is 1. The Bertz CT molecular complexity index is 477. The predicted octanol–water partition coefficient (Wildman–Crippen LogP) is 0.977. The molecule has 0 aliphatic carbocycles. The second-order valence-corrected chi connectivity index (χ2v) is 6.49. The lowest BCUT2D eigenvalue weighted by atomic mass is 10.1. The molecule has 1 saturated heterocycles. The quantitative estimate of drug-likeness (QED) is 0.821. The standard InChI is InChI=1S/C9H12ClN3O2S/c10-8-3-9(13-6-12-8)11-4-7-1-2-16(14,15)5-7/h3,6-7H,1-2,4-5H2,(H,11,12,13). The van der Waals surface area contributed by atoms with Gasteiger partial charge in [-0.05, 0) is 12.3 Å². The maximum atomic E-state index is 11.2. The molecule has 0 radical (unpaired) electrons. The van der Waals surface area contributed by atoms with Crippen LogP contribution in [0.2, 0.25) is 5.15 Å². The minimum atomic E-state index is -2.81. The molecular formula is C9H12ClN3O2S. The van der Waals surface area contributed by atoms with Gasteiger partial charge in [0.15, 0.2) is 9.84 Å². The fourth-order valence-corrected chi connectivity index (χ4v) is 3.72. The van der Waals surface area contributed by atoms with Gasteiger partial charge in [0.05, 0.1) is 11.5 Å². The summed E-state index contributed by atoms with van der Waals surface area (Å²) < 4.78 is 22.5. The molecule has 16 heavy (non-hydrogen) atoms. The van der Waals surface area contributed by atoms with Gasteiger partial charge in [0.1, 0.15) is 17.3 Å². The van der Waals surface area contributed by atoms with Crippen LogP contribution in [0.4, 0.5) is 5.82 Å². The zero-order valence-corrected chi connectivity index (χ0v) is 10.1. The Morgan fingerprint density at radius 3 is 2.94 bits per heavy atom. The molecule has 7 heteroatoms. The van der Waals surface area contributed by atoms with Gasteiger partial charge in [0.2, 0.25) is 0 Å². The molecule has 2 rings (SSSR count). The lowest BCUT2D eigenvalue weighted by molar-refractivity contribution is 0.595. The largest absolute Gasteiger partial charge is 0.370 e. The van der Waals surface area contributed by atoms with E-state index in [0.717, 1.165) is 0 Å². The molecule has 0 bridgehead atoms. The second-order valence-electron chi connectivity index (χ2n) is 3.88. The summed E-state index contributed by atoms with van der Waals surface area (Å²) in [6.07, 6.45) is 2.09. The van der Waals surface area contributed by atoms with Crippen LogP contribution in [0.1, 0.15) is 6.42 Å². The highest BCUT2D eigenvalue weighted by Gasteiger charge is 2.27. The third-order valence-electron chi connectivity index (χ3n) is 2.53. The highest BCUT2D eigenvalue weighted by molar-refractivity contribution is 7.91. The molecule has 0 amide bonds. The third kappa shape index (κ3) is 3.05. The summed E-state index contributed by atoms with van der Waals surface area (Å²) in [7, 11) is -2.81. The van der Waals surface area contributed by atoms with Crippen molar-refractivity contribution in [2.45, 2.75) is 6.42 Å². The van der Waals surface area contributed by atoms with Gasteiger partial charge in [0.25, 0.3) is 0 Å². The lowest BCUT2D eigenvalue weighted by Gasteiger charge is -2.09. The lowest BCUT2D eigenvalue weighted by Crippen LogP contribution is -2.16. The number of nitrogens with one attached hydrogen (secondary N) is 1. The minimum absolute atomic E-state index is 0.166. The van der Waals surface area contributed by atoms with E-state index in [1.165, 1.54) is 6.33 Å². The van der Waals surface area contributed by atoms with E-state index in [0.29, 0.717) is 29.7 Å². The fraction of sp³-hybridized carbons (Fsp3) is 0.556.